The first-order valence-corrected chi connectivity index (χ1v) is 2.46. The monoisotopic (exact) mass is 87.1 g/mol. The molecule has 6 heavy (non-hydrogen) atoms. The van der Waals surface area contributed by atoms with Crippen molar-refractivity contribution in [2.75, 3.05) is 13.1 Å². The summed E-state index contributed by atoms with van der Waals surface area (Å²) in [6.45, 7) is 4.61. The zero-order valence-electron chi connectivity index (χ0n) is 4.07. The Morgan fingerprint density at radius 2 is 2.67 bits per heavy atom. The van der Waals surface area contributed by atoms with Gasteiger partial charge in [0.2, 0.25) is 0 Å². The molecule has 0 aromatic heterocycles. The van der Waals surface area contributed by atoms with E-state index in [-0.39, 0.29) is 0 Å². The van der Waals surface area contributed by atoms with Gasteiger partial charge in [0.15, 0.2) is 0 Å². The van der Waals surface area contributed by atoms with Crippen LogP contribution in [0.1, 0.15) is 6.92 Å². The minimum Gasteiger partial charge on any atom is -0.331 e. The lowest BCUT2D eigenvalue weighted by molar-refractivity contribution is -0.668. The van der Waals surface area contributed by atoms with Gasteiger partial charge in [-0.2, -0.15) is 0 Å². The molecule has 0 aromatic rings. The Balaban J connectivity index is 2.18. The van der Waals surface area contributed by atoms with Gasteiger partial charge in [-0.1, -0.05) is 0 Å². The standard InChI is InChI=1S/C4H10N2/c1-4-5-2-3-6-4/h4-6H,2-3H2,1H3/p+1. The van der Waals surface area contributed by atoms with Crippen LogP contribution in [0.5, 0.6) is 0 Å². The highest BCUT2D eigenvalue weighted by atomic mass is 15.2. The van der Waals surface area contributed by atoms with Crippen molar-refractivity contribution in [2.24, 2.45) is 0 Å². The number of nitrogens with two attached hydrogens (primary N) is 1. The average molecular weight is 87.1 g/mol. The predicted octanol–water partition coefficient (Wildman–Crippen LogP) is -1.50. The highest BCUT2D eigenvalue weighted by Crippen LogP contribution is 1.66. The van der Waals surface area contributed by atoms with Crippen molar-refractivity contribution >= 4 is 0 Å². The van der Waals surface area contributed by atoms with Crippen molar-refractivity contribution in [3.05, 3.63) is 0 Å². The number of nitrogens with one attached hydrogen (secondary N) is 1. The van der Waals surface area contributed by atoms with Crippen molar-refractivity contribution in [3.63, 3.8) is 0 Å². The second kappa shape index (κ2) is 1.58. The Morgan fingerprint density at radius 1 is 1.83 bits per heavy atom. The fourth-order valence-corrected chi connectivity index (χ4v) is 0.728. The van der Waals surface area contributed by atoms with Crippen LogP contribution >= 0.6 is 0 Å². The molecule has 36 valence electrons. The molecule has 1 fully saturated rings. The van der Waals surface area contributed by atoms with Gasteiger partial charge in [-0.15, -0.1) is 0 Å². The van der Waals surface area contributed by atoms with E-state index in [0.717, 1.165) is 0 Å². The smallest absolute Gasteiger partial charge is 0.137 e. The van der Waals surface area contributed by atoms with Gasteiger partial charge in [-0.3, -0.25) is 5.32 Å². The van der Waals surface area contributed by atoms with Gasteiger partial charge < -0.3 is 5.32 Å². The van der Waals surface area contributed by atoms with Crippen LogP contribution in [0.4, 0.5) is 0 Å². The molecule has 1 aliphatic rings. The van der Waals surface area contributed by atoms with Gasteiger partial charge in [0.25, 0.3) is 0 Å². The van der Waals surface area contributed by atoms with Crippen molar-refractivity contribution in [1.82, 2.24) is 5.32 Å². The number of quaternary nitrogens is 1. The normalized spacial score (nSPS) is 34.5. The van der Waals surface area contributed by atoms with Crippen LogP contribution in [-0.4, -0.2) is 19.3 Å². The molecule has 1 aliphatic heterocycles. The summed E-state index contributed by atoms with van der Waals surface area (Å²) >= 11 is 0. The maximum atomic E-state index is 3.26. The Kier molecular flexibility index (Phi) is 1.08. The van der Waals surface area contributed by atoms with Crippen LogP contribution in [0.3, 0.4) is 0 Å². The molecule has 0 amide bonds. The fraction of sp³-hybridized carbons (Fsp3) is 1.00. The topological polar surface area (TPSA) is 28.6 Å². The first kappa shape index (κ1) is 4.09. The van der Waals surface area contributed by atoms with E-state index < -0.39 is 0 Å². The van der Waals surface area contributed by atoms with Gasteiger partial charge in [-0.25, -0.2) is 0 Å². The summed E-state index contributed by atoms with van der Waals surface area (Å²) in [5.74, 6) is 0. The van der Waals surface area contributed by atoms with Crippen LogP contribution in [0, 0.1) is 0 Å². The summed E-state index contributed by atoms with van der Waals surface area (Å²) in [6.07, 6.45) is 0.671. The summed E-state index contributed by atoms with van der Waals surface area (Å²) in [7, 11) is 0. The second-order valence-corrected chi connectivity index (χ2v) is 1.77. The third-order valence-electron chi connectivity index (χ3n) is 1.13. The van der Waals surface area contributed by atoms with Crippen molar-refractivity contribution < 1.29 is 5.32 Å². The number of hydrogen-bond donors (Lipinski definition) is 2. The first-order valence-electron chi connectivity index (χ1n) is 2.46. The van der Waals surface area contributed by atoms with E-state index in [1.165, 1.54) is 13.1 Å². The van der Waals surface area contributed by atoms with Crippen LogP contribution in [0.25, 0.3) is 0 Å². The van der Waals surface area contributed by atoms with Crippen LogP contribution < -0.4 is 10.6 Å². The SMILES string of the molecule is CC1NCC[NH2+]1. The summed E-state index contributed by atoms with van der Waals surface area (Å²) in [6, 6.07) is 0. The highest BCUT2D eigenvalue weighted by Gasteiger charge is 2.08. The van der Waals surface area contributed by atoms with Gasteiger partial charge in [0.1, 0.15) is 6.17 Å². The minimum atomic E-state index is 0.671. The molecule has 0 spiro atoms. The van der Waals surface area contributed by atoms with Gasteiger partial charge in [0, 0.05) is 13.5 Å². The summed E-state index contributed by atoms with van der Waals surface area (Å²) in [4.78, 5) is 0. The predicted molar refractivity (Wildman–Crippen MR) is 24.3 cm³/mol. The van der Waals surface area contributed by atoms with E-state index in [0.29, 0.717) is 6.17 Å². The molecule has 0 aromatic carbocycles. The molecule has 2 nitrogen and oxygen atoms in total. The van der Waals surface area contributed by atoms with Gasteiger partial charge in [-0.05, 0) is 0 Å². The largest absolute Gasteiger partial charge is 0.331 e. The quantitative estimate of drug-likeness (QED) is 0.370. The number of rotatable bonds is 0. The third kappa shape index (κ3) is 0.698. The third-order valence-corrected chi connectivity index (χ3v) is 1.13. The van der Waals surface area contributed by atoms with Gasteiger partial charge in [0.05, 0.1) is 6.54 Å². The Hall–Kier alpha value is -0.0800. The molecule has 0 aliphatic carbocycles. The molecule has 1 unspecified atom stereocenters. The fourth-order valence-electron chi connectivity index (χ4n) is 0.728. The minimum absolute atomic E-state index is 0.671. The summed E-state index contributed by atoms with van der Waals surface area (Å²) in [5.41, 5.74) is 0. The molecular formula is C4H11N2+. The van der Waals surface area contributed by atoms with Crippen LogP contribution in [0.2, 0.25) is 0 Å². The summed E-state index contributed by atoms with van der Waals surface area (Å²) < 4.78 is 0. The molecule has 0 saturated carbocycles. The molecule has 1 atom stereocenters. The van der Waals surface area contributed by atoms with Crippen molar-refractivity contribution in [2.45, 2.75) is 13.1 Å². The average Bonchev–Trinajstić information content (AvgIpc) is 1.86. The zero-order valence-corrected chi connectivity index (χ0v) is 4.07. The van der Waals surface area contributed by atoms with Crippen molar-refractivity contribution in [3.8, 4) is 0 Å². The molecular weight excluding hydrogens is 76.1 g/mol. The van der Waals surface area contributed by atoms with Crippen LogP contribution in [0.15, 0.2) is 0 Å². The van der Waals surface area contributed by atoms with E-state index in [2.05, 4.69) is 17.6 Å². The van der Waals surface area contributed by atoms with E-state index in [1.807, 2.05) is 0 Å². The summed E-state index contributed by atoms with van der Waals surface area (Å²) in [5, 5.41) is 5.56. The van der Waals surface area contributed by atoms with E-state index in [1.54, 1.807) is 0 Å². The molecule has 2 heteroatoms. The highest BCUT2D eigenvalue weighted by molar-refractivity contribution is 4.48. The Labute approximate surface area is 37.9 Å². The van der Waals surface area contributed by atoms with E-state index in [4.69, 9.17) is 0 Å². The molecule has 1 heterocycles. The lowest BCUT2D eigenvalue weighted by Crippen LogP contribution is -2.87. The van der Waals surface area contributed by atoms with E-state index in [9.17, 15) is 0 Å². The van der Waals surface area contributed by atoms with Gasteiger partial charge >= 0.3 is 0 Å². The first-order chi connectivity index (χ1) is 2.89. The Morgan fingerprint density at radius 3 is 2.83 bits per heavy atom. The lowest BCUT2D eigenvalue weighted by atomic mass is 10.6. The zero-order chi connectivity index (χ0) is 4.41. The molecule has 0 radical (unpaired) electrons. The van der Waals surface area contributed by atoms with Crippen LogP contribution in [-0.2, 0) is 0 Å². The Bertz CT molecular complexity index is 38.8. The molecule has 1 rings (SSSR count). The van der Waals surface area contributed by atoms with Crippen molar-refractivity contribution in [1.29, 1.82) is 0 Å². The maximum Gasteiger partial charge on any atom is 0.137 e. The lowest BCUT2D eigenvalue weighted by Gasteiger charge is -1.93. The number of hydrogen-bond acceptors (Lipinski definition) is 1. The molecule has 0 bridgehead atoms. The molecule has 1 saturated heterocycles. The van der Waals surface area contributed by atoms with E-state index >= 15 is 0 Å². The maximum absolute atomic E-state index is 3.26. The molecule has 3 N–H and O–H groups in total. The second-order valence-electron chi connectivity index (χ2n) is 1.77.